The first-order valence-electron chi connectivity index (χ1n) is 7.79. The van der Waals surface area contributed by atoms with Crippen LogP contribution >= 0.6 is 11.6 Å². The van der Waals surface area contributed by atoms with E-state index >= 15 is 0 Å². The van der Waals surface area contributed by atoms with E-state index in [0.29, 0.717) is 28.5 Å². The maximum Gasteiger partial charge on any atom is 0.349 e. The second-order valence-corrected chi connectivity index (χ2v) is 6.16. The first-order valence-corrected chi connectivity index (χ1v) is 8.17. The van der Waals surface area contributed by atoms with Crippen LogP contribution in [0.3, 0.4) is 0 Å². The lowest BCUT2D eigenvalue weighted by Gasteiger charge is -2.20. The number of aryl methyl sites for hydroxylation is 1. The number of rotatable bonds is 4. The fourth-order valence-corrected chi connectivity index (χ4v) is 2.95. The summed E-state index contributed by atoms with van der Waals surface area (Å²) in [7, 11) is 0. The summed E-state index contributed by atoms with van der Waals surface area (Å²) in [5, 5.41) is 0.592. The molecule has 0 heterocycles. The number of hydrogen-bond donors (Lipinski definition) is 0. The number of esters is 1. The van der Waals surface area contributed by atoms with Gasteiger partial charge in [0.15, 0.2) is 12.4 Å². The van der Waals surface area contributed by atoms with E-state index < -0.39 is 5.97 Å². The molecule has 0 amide bonds. The SMILES string of the molecule is Cc1ccc(OC(=O)COc2ccc(Cl)cc2)c2c1CCCC2=O. The van der Waals surface area contributed by atoms with Crippen LogP contribution in [0.1, 0.15) is 34.3 Å². The number of Topliss-reactive ketones (excluding diaryl/α,β-unsaturated/α-hetero) is 1. The zero-order valence-corrected chi connectivity index (χ0v) is 14.1. The Balaban J connectivity index is 1.70. The zero-order chi connectivity index (χ0) is 17.1. The summed E-state index contributed by atoms with van der Waals surface area (Å²) in [5.74, 6) is 0.333. The lowest BCUT2D eigenvalue weighted by atomic mass is 9.87. The summed E-state index contributed by atoms with van der Waals surface area (Å²) in [6.45, 7) is 1.73. The molecule has 1 aliphatic carbocycles. The van der Waals surface area contributed by atoms with Crippen LogP contribution in [0.25, 0.3) is 0 Å². The Hall–Kier alpha value is -2.33. The average Bonchev–Trinajstić information content (AvgIpc) is 2.57. The first kappa shape index (κ1) is 16.5. The summed E-state index contributed by atoms with van der Waals surface area (Å²) in [4.78, 5) is 24.3. The number of halogens is 1. The molecule has 0 saturated heterocycles. The normalized spacial score (nSPS) is 13.3. The quantitative estimate of drug-likeness (QED) is 0.617. The van der Waals surface area contributed by atoms with Crippen molar-refractivity contribution in [2.75, 3.05) is 6.61 Å². The van der Waals surface area contributed by atoms with Crippen molar-refractivity contribution >= 4 is 23.4 Å². The summed E-state index contributed by atoms with van der Waals surface area (Å²) in [6.07, 6.45) is 2.16. The molecule has 24 heavy (non-hydrogen) atoms. The van der Waals surface area contributed by atoms with Gasteiger partial charge in [-0.3, -0.25) is 4.79 Å². The Morgan fingerprint density at radius 3 is 2.62 bits per heavy atom. The van der Waals surface area contributed by atoms with Crippen LogP contribution in [0, 0.1) is 6.92 Å². The van der Waals surface area contributed by atoms with Gasteiger partial charge in [0.2, 0.25) is 0 Å². The van der Waals surface area contributed by atoms with Crippen LogP contribution in [0.5, 0.6) is 11.5 Å². The third-order valence-corrected chi connectivity index (χ3v) is 4.26. The molecular formula is C19H17ClO4. The van der Waals surface area contributed by atoms with Crippen LogP contribution in [0.15, 0.2) is 36.4 Å². The highest BCUT2D eigenvalue weighted by Crippen LogP contribution is 2.32. The molecule has 0 spiro atoms. The summed E-state index contributed by atoms with van der Waals surface area (Å²) in [5.41, 5.74) is 2.58. The lowest BCUT2D eigenvalue weighted by Crippen LogP contribution is -2.21. The van der Waals surface area contributed by atoms with Crippen LogP contribution < -0.4 is 9.47 Å². The van der Waals surface area contributed by atoms with Crippen molar-refractivity contribution in [1.82, 2.24) is 0 Å². The van der Waals surface area contributed by atoms with Gasteiger partial charge in [-0.05, 0) is 61.2 Å². The fourth-order valence-electron chi connectivity index (χ4n) is 2.82. The van der Waals surface area contributed by atoms with Gasteiger partial charge >= 0.3 is 5.97 Å². The maximum atomic E-state index is 12.2. The molecule has 2 aromatic rings. The van der Waals surface area contributed by atoms with Crippen molar-refractivity contribution in [3.8, 4) is 11.5 Å². The van der Waals surface area contributed by atoms with Gasteiger partial charge in [-0.15, -0.1) is 0 Å². The van der Waals surface area contributed by atoms with E-state index in [0.717, 1.165) is 24.0 Å². The second kappa shape index (κ2) is 7.05. The van der Waals surface area contributed by atoms with E-state index in [-0.39, 0.29) is 12.4 Å². The number of hydrogen-bond acceptors (Lipinski definition) is 4. The number of fused-ring (bicyclic) bond motifs is 1. The minimum Gasteiger partial charge on any atom is -0.482 e. The summed E-state index contributed by atoms with van der Waals surface area (Å²) in [6, 6.07) is 10.3. The van der Waals surface area contributed by atoms with E-state index in [1.165, 1.54) is 0 Å². The van der Waals surface area contributed by atoms with E-state index in [9.17, 15) is 9.59 Å². The molecule has 5 heteroatoms. The minimum absolute atomic E-state index is 0.0290. The number of ketones is 1. The predicted octanol–water partition coefficient (Wildman–Crippen LogP) is 4.15. The molecule has 0 aromatic heterocycles. The standard InChI is InChI=1S/C19H17ClO4/c1-12-5-10-17(19-15(12)3-2-4-16(19)21)24-18(22)11-23-14-8-6-13(20)7-9-14/h5-10H,2-4,11H2,1H3. The molecule has 2 aromatic carbocycles. The highest BCUT2D eigenvalue weighted by molar-refractivity contribution is 6.30. The Bertz CT molecular complexity index is 781. The number of carbonyl (C=O) groups excluding carboxylic acids is 2. The molecule has 1 aliphatic rings. The van der Waals surface area contributed by atoms with Crippen molar-refractivity contribution in [3.63, 3.8) is 0 Å². The van der Waals surface area contributed by atoms with Gasteiger partial charge in [-0.25, -0.2) is 4.79 Å². The van der Waals surface area contributed by atoms with E-state index in [1.807, 2.05) is 13.0 Å². The van der Waals surface area contributed by atoms with E-state index in [4.69, 9.17) is 21.1 Å². The predicted molar refractivity (Wildman–Crippen MR) is 91.0 cm³/mol. The second-order valence-electron chi connectivity index (χ2n) is 5.73. The molecule has 0 saturated carbocycles. The Kier molecular flexibility index (Phi) is 4.86. The van der Waals surface area contributed by atoms with E-state index in [1.54, 1.807) is 30.3 Å². The third kappa shape index (κ3) is 3.60. The van der Waals surface area contributed by atoms with E-state index in [2.05, 4.69) is 0 Å². The fraction of sp³-hybridized carbons (Fsp3) is 0.263. The van der Waals surface area contributed by atoms with Gasteiger partial charge in [0, 0.05) is 11.4 Å². The average molecular weight is 345 g/mol. The van der Waals surface area contributed by atoms with Gasteiger partial charge in [-0.1, -0.05) is 17.7 Å². The molecular weight excluding hydrogens is 328 g/mol. The van der Waals surface area contributed by atoms with Crippen LogP contribution in [0.4, 0.5) is 0 Å². The Morgan fingerprint density at radius 2 is 1.88 bits per heavy atom. The Morgan fingerprint density at radius 1 is 1.12 bits per heavy atom. The highest BCUT2D eigenvalue weighted by atomic mass is 35.5. The largest absolute Gasteiger partial charge is 0.482 e. The van der Waals surface area contributed by atoms with Gasteiger partial charge < -0.3 is 9.47 Å². The molecule has 0 bridgehead atoms. The highest BCUT2D eigenvalue weighted by Gasteiger charge is 2.24. The topological polar surface area (TPSA) is 52.6 Å². The van der Waals surface area contributed by atoms with Crippen molar-refractivity contribution in [1.29, 1.82) is 0 Å². The number of benzene rings is 2. The number of carbonyl (C=O) groups is 2. The van der Waals surface area contributed by atoms with Gasteiger partial charge in [0.25, 0.3) is 0 Å². The van der Waals surface area contributed by atoms with Crippen LogP contribution in [-0.4, -0.2) is 18.4 Å². The third-order valence-electron chi connectivity index (χ3n) is 4.01. The molecule has 4 nitrogen and oxygen atoms in total. The van der Waals surface area contributed by atoms with Crippen molar-refractivity contribution in [2.45, 2.75) is 26.2 Å². The smallest absolute Gasteiger partial charge is 0.349 e. The van der Waals surface area contributed by atoms with Crippen molar-refractivity contribution in [2.24, 2.45) is 0 Å². The summed E-state index contributed by atoms with van der Waals surface area (Å²) < 4.78 is 10.7. The first-order chi connectivity index (χ1) is 11.5. The monoisotopic (exact) mass is 344 g/mol. The van der Waals surface area contributed by atoms with Gasteiger partial charge in [0.05, 0.1) is 5.56 Å². The van der Waals surface area contributed by atoms with Crippen LogP contribution in [0.2, 0.25) is 5.02 Å². The lowest BCUT2D eigenvalue weighted by molar-refractivity contribution is -0.136. The van der Waals surface area contributed by atoms with Gasteiger partial charge in [-0.2, -0.15) is 0 Å². The molecule has 0 radical (unpaired) electrons. The van der Waals surface area contributed by atoms with Crippen molar-refractivity contribution < 1.29 is 19.1 Å². The molecule has 0 aliphatic heterocycles. The van der Waals surface area contributed by atoms with Gasteiger partial charge in [0.1, 0.15) is 11.5 Å². The molecule has 0 N–H and O–H groups in total. The summed E-state index contributed by atoms with van der Waals surface area (Å²) >= 11 is 5.80. The molecule has 0 unspecified atom stereocenters. The zero-order valence-electron chi connectivity index (χ0n) is 13.3. The molecule has 124 valence electrons. The van der Waals surface area contributed by atoms with Crippen molar-refractivity contribution in [3.05, 3.63) is 58.1 Å². The molecule has 3 rings (SSSR count). The number of ether oxygens (including phenoxy) is 2. The van der Waals surface area contributed by atoms with Crippen LogP contribution in [-0.2, 0) is 11.2 Å². The molecule has 0 atom stereocenters. The molecule has 0 fully saturated rings. The maximum absolute atomic E-state index is 12.2. The minimum atomic E-state index is -0.547. The Labute approximate surface area is 145 Å².